The maximum atomic E-state index is 12.2. The van der Waals surface area contributed by atoms with Crippen molar-refractivity contribution in [3.8, 4) is 11.5 Å². The molecule has 7 nitrogen and oxygen atoms in total. The van der Waals surface area contributed by atoms with Gasteiger partial charge in [-0.25, -0.2) is 8.42 Å². The Hall–Kier alpha value is -2.36. The summed E-state index contributed by atoms with van der Waals surface area (Å²) in [7, 11) is -5.11. The fraction of sp³-hybridized carbons (Fsp3) is 0.278. The Bertz CT molecular complexity index is 961. The van der Waals surface area contributed by atoms with Gasteiger partial charge in [0, 0.05) is 5.92 Å². The van der Waals surface area contributed by atoms with Crippen LogP contribution in [0, 0.1) is 5.92 Å². The monoisotopic (exact) mass is 387 g/mol. The second-order valence-electron chi connectivity index (χ2n) is 6.70. The van der Waals surface area contributed by atoms with Crippen LogP contribution in [-0.2, 0) is 19.5 Å². The summed E-state index contributed by atoms with van der Waals surface area (Å²) in [4.78, 5) is 11.7. The summed E-state index contributed by atoms with van der Waals surface area (Å²) in [6.45, 7) is 0. The molecule has 2 N–H and O–H groups in total. The average molecular weight is 387 g/mol. The number of nitrogens with one attached hydrogen (secondary N) is 1. The molecule has 0 bridgehead atoms. The molecule has 0 radical (unpaired) electrons. The van der Waals surface area contributed by atoms with Gasteiger partial charge in [0.25, 0.3) is 0 Å². The van der Waals surface area contributed by atoms with Gasteiger partial charge in [0.2, 0.25) is 15.9 Å². The zero-order chi connectivity index (χ0) is 19.0. The molecule has 9 heteroatoms. The SMILES string of the molecule is O=C(NS(=O)(=O)CC1OB(O)c2cc(Oc3ccccc3)ccc21)C1CC1. The number of rotatable bonds is 6. The second-order valence-corrected chi connectivity index (χ2v) is 8.47. The molecular weight excluding hydrogens is 369 g/mol. The first-order valence-corrected chi connectivity index (χ1v) is 10.3. The number of carbonyl (C=O) groups excluding carboxylic acids is 1. The van der Waals surface area contributed by atoms with Crippen molar-refractivity contribution in [3.63, 3.8) is 0 Å². The van der Waals surface area contributed by atoms with Crippen molar-refractivity contribution in [2.75, 3.05) is 5.75 Å². The second kappa shape index (κ2) is 6.99. The van der Waals surface area contributed by atoms with Crippen LogP contribution in [0.2, 0.25) is 0 Å². The zero-order valence-corrected chi connectivity index (χ0v) is 15.2. The molecule has 2 aromatic carbocycles. The highest BCUT2D eigenvalue weighted by Crippen LogP contribution is 2.31. The summed E-state index contributed by atoms with van der Waals surface area (Å²) < 4.78 is 37.7. The third-order valence-corrected chi connectivity index (χ3v) is 5.77. The highest BCUT2D eigenvalue weighted by atomic mass is 32.2. The maximum absolute atomic E-state index is 12.2. The van der Waals surface area contributed by atoms with E-state index in [2.05, 4.69) is 4.72 Å². The minimum absolute atomic E-state index is 0.208. The quantitative estimate of drug-likeness (QED) is 0.720. The van der Waals surface area contributed by atoms with Crippen molar-refractivity contribution in [1.29, 1.82) is 0 Å². The minimum atomic E-state index is -3.86. The lowest BCUT2D eigenvalue weighted by molar-refractivity contribution is -0.120. The van der Waals surface area contributed by atoms with Gasteiger partial charge in [-0.1, -0.05) is 24.3 Å². The van der Waals surface area contributed by atoms with Gasteiger partial charge in [0.15, 0.2) is 0 Å². The van der Waals surface area contributed by atoms with E-state index in [4.69, 9.17) is 9.39 Å². The van der Waals surface area contributed by atoms with E-state index in [-0.39, 0.29) is 5.92 Å². The Kier molecular flexibility index (Phi) is 4.67. The summed E-state index contributed by atoms with van der Waals surface area (Å²) in [6, 6.07) is 14.2. The molecule has 1 amide bonds. The Morgan fingerprint density at radius 2 is 1.93 bits per heavy atom. The lowest BCUT2D eigenvalue weighted by Gasteiger charge is -2.14. The van der Waals surface area contributed by atoms with E-state index in [1.165, 1.54) is 0 Å². The van der Waals surface area contributed by atoms with Crippen molar-refractivity contribution in [2.24, 2.45) is 5.92 Å². The molecule has 0 aromatic heterocycles. The van der Waals surface area contributed by atoms with E-state index < -0.39 is 34.9 Å². The van der Waals surface area contributed by atoms with Gasteiger partial charge in [-0.15, -0.1) is 0 Å². The number of sulfonamides is 1. The molecule has 2 aromatic rings. The van der Waals surface area contributed by atoms with E-state index in [9.17, 15) is 18.2 Å². The molecule has 27 heavy (non-hydrogen) atoms. The first kappa shape index (κ1) is 18.0. The van der Waals surface area contributed by atoms with Crippen LogP contribution in [0.25, 0.3) is 0 Å². The summed E-state index contributed by atoms with van der Waals surface area (Å²) in [5, 5.41) is 10.2. The molecular formula is C18H18BNO6S. The Morgan fingerprint density at radius 1 is 1.19 bits per heavy atom. The highest BCUT2D eigenvalue weighted by molar-refractivity contribution is 7.90. The predicted molar refractivity (Wildman–Crippen MR) is 99.0 cm³/mol. The zero-order valence-electron chi connectivity index (χ0n) is 14.4. The van der Waals surface area contributed by atoms with Gasteiger partial charge >= 0.3 is 7.12 Å². The van der Waals surface area contributed by atoms with Gasteiger partial charge in [-0.05, 0) is 48.1 Å². The molecule has 0 spiro atoms. The molecule has 1 aliphatic carbocycles. The molecule has 1 atom stereocenters. The minimum Gasteiger partial charge on any atom is -0.457 e. The largest absolute Gasteiger partial charge is 0.492 e. The summed E-state index contributed by atoms with van der Waals surface area (Å²) in [6.07, 6.45) is 0.574. The summed E-state index contributed by atoms with van der Waals surface area (Å²) >= 11 is 0. The number of hydrogen-bond donors (Lipinski definition) is 2. The molecule has 1 heterocycles. The number of ether oxygens (including phenoxy) is 1. The number of hydrogen-bond acceptors (Lipinski definition) is 6. The normalized spacial score (nSPS) is 18.9. The molecule has 1 fully saturated rings. The average Bonchev–Trinajstić information content (AvgIpc) is 3.42. The van der Waals surface area contributed by atoms with Crippen molar-refractivity contribution >= 4 is 28.5 Å². The number of amides is 1. The van der Waals surface area contributed by atoms with Gasteiger partial charge in [-0.2, -0.15) is 0 Å². The van der Waals surface area contributed by atoms with Crippen LogP contribution in [0.5, 0.6) is 11.5 Å². The number of benzene rings is 2. The van der Waals surface area contributed by atoms with Crippen molar-refractivity contribution in [1.82, 2.24) is 4.72 Å². The van der Waals surface area contributed by atoms with Gasteiger partial charge in [0.1, 0.15) is 11.5 Å². The van der Waals surface area contributed by atoms with Crippen molar-refractivity contribution < 1.29 is 27.6 Å². The Morgan fingerprint density at radius 3 is 2.63 bits per heavy atom. The van der Waals surface area contributed by atoms with Gasteiger partial charge < -0.3 is 14.4 Å². The van der Waals surface area contributed by atoms with Crippen LogP contribution in [0.4, 0.5) is 0 Å². The highest BCUT2D eigenvalue weighted by Gasteiger charge is 2.39. The van der Waals surface area contributed by atoms with Crippen molar-refractivity contribution in [3.05, 3.63) is 54.1 Å². The predicted octanol–water partition coefficient (Wildman–Crippen LogP) is 1.09. The van der Waals surface area contributed by atoms with E-state index in [1.54, 1.807) is 30.3 Å². The molecule has 0 saturated heterocycles. The molecule has 1 unspecified atom stereocenters. The first-order chi connectivity index (χ1) is 12.9. The Balaban J connectivity index is 1.49. The topological polar surface area (TPSA) is 102 Å². The van der Waals surface area contributed by atoms with E-state index >= 15 is 0 Å². The van der Waals surface area contributed by atoms with E-state index in [1.807, 2.05) is 18.2 Å². The van der Waals surface area contributed by atoms with Crippen LogP contribution in [0.15, 0.2) is 48.5 Å². The molecule has 1 saturated carbocycles. The molecule has 140 valence electrons. The van der Waals surface area contributed by atoms with Crippen LogP contribution >= 0.6 is 0 Å². The van der Waals surface area contributed by atoms with Crippen LogP contribution in [0.3, 0.4) is 0 Å². The fourth-order valence-corrected chi connectivity index (χ4v) is 4.22. The van der Waals surface area contributed by atoms with Gasteiger partial charge in [0.05, 0.1) is 11.9 Å². The van der Waals surface area contributed by atoms with E-state index in [0.717, 1.165) is 0 Å². The van der Waals surface area contributed by atoms with Crippen LogP contribution in [0.1, 0.15) is 24.5 Å². The lowest BCUT2D eigenvalue weighted by Crippen LogP contribution is -2.35. The Labute approximate surface area is 157 Å². The van der Waals surface area contributed by atoms with Crippen molar-refractivity contribution in [2.45, 2.75) is 18.9 Å². The smallest absolute Gasteiger partial charge is 0.457 e. The number of para-hydroxylation sites is 1. The summed E-state index contributed by atoms with van der Waals surface area (Å²) in [5.74, 6) is 0.0372. The molecule has 2 aliphatic rings. The lowest BCUT2D eigenvalue weighted by atomic mass is 9.79. The third-order valence-electron chi connectivity index (χ3n) is 4.52. The number of fused-ring (bicyclic) bond motifs is 1. The first-order valence-electron chi connectivity index (χ1n) is 8.66. The molecule has 1 aliphatic heterocycles. The summed E-state index contributed by atoms with van der Waals surface area (Å²) in [5.41, 5.74) is 1.02. The molecule has 4 rings (SSSR count). The maximum Gasteiger partial charge on any atom is 0.492 e. The number of carbonyl (C=O) groups is 1. The standard InChI is InChI=1S/C18H18BNO6S/c21-18(12-6-7-12)20-27(23,24)11-17-15-9-8-14(10-16(15)19(22)26-17)25-13-4-2-1-3-5-13/h1-5,8-10,12,17,22H,6-7,11H2,(H,20,21). The van der Waals surface area contributed by atoms with Crippen LogP contribution in [-0.4, -0.2) is 32.2 Å². The third kappa shape index (κ3) is 4.15. The van der Waals surface area contributed by atoms with Crippen LogP contribution < -0.4 is 14.9 Å². The van der Waals surface area contributed by atoms with Gasteiger partial charge in [-0.3, -0.25) is 9.52 Å². The van der Waals surface area contributed by atoms with E-state index in [0.29, 0.717) is 35.4 Å². The fourth-order valence-electron chi connectivity index (χ4n) is 3.00.